The van der Waals surface area contributed by atoms with E-state index in [4.69, 9.17) is 9.47 Å². The number of ether oxygens (including phenoxy) is 3. The molecule has 1 fully saturated rings. The van der Waals surface area contributed by atoms with Gasteiger partial charge in [-0.1, -0.05) is 24.3 Å². The van der Waals surface area contributed by atoms with Crippen LogP contribution in [-0.4, -0.2) is 43.6 Å². The van der Waals surface area contributed by atoms with Crippen molar-refractivity contribution >= 4 is 11.1 Å². The maximum absolute atomic E-state index is 13.7. The zero-order chi connectivity index (χ0) is 27.7. The van der Waals surface area contributed by atoms with Crippen molar-refractivity contribution in [3.63, 3.8) is 0 Å². The fraction of sp³-hybridized carbons (Fsp3) is 0.355. The molecule has 0 unspecified atom stereocenters. The largest absolute Gasteiger partial charge is 0.586 e. The molecule has 6 rings (SSSR count). The molecule has 0 N–H and O–H groups in total. The average Bonchev–Trinajstić information content (AvgIpc) is 3.47. The molecule has 1 aliphatic carbocycles. The number of hydrogen-bond donors (Lipinski definition) is 0. The molecule has 0 aromatic heterocycles. The zero-order valence-corrected chi connectivity index (χ0v) is 21.8. The standard InChI is InChI=1S/C31H29F4NO4/c32-14-2-15-36-16-13-25(19-36)37-23-8-5-20(6-9-23)30-26(4-1-3-21-17-24(40-35)10-11-27(21)30)22-7-12-28-29(18-22)39-31(33,34)38-28/h5-12,17-18,25H,1-4,13-16,19H2/t25-/m0/s1. The van der Waals surface area contributed by atoms with Gasteiger partial charge in [-0.15, -0.1) is 8.78 Å². The summed E-state index contributed by atoms with van der Waals surface area (Å²) >= 11 is 0. The van der Waals surface area contributed by atoms with Gasteiger partial charge in [0, 0.05) is 24.2 Å². The van der Waals surface area contributed by atoms with Crippen molar-refractivity contribution in [2.24, 2.45) is 0 Å². The Hall–Kier alpha value is -3.72. The minimum absolute atomic E-state index is 0.00803. The van der Waals surface area contributed by atoms with Crippen molar-refractivity contribution in [2.45, 2.75) is 44.5 Å². The Morgan fingerprint density at radius 3 is 2.48 bits per heavy atom. The normalized spacial score (nSPS) is 19.9. The van der Waals surface area contributed by atoms with Crippen LogP contribution < -0.4 is 19.2 Å². The number of hydrogen-bond acceptors (Lipinski definition) is 5. The summed E-state index contributed by atoms with van der Waals surface area (Å²) in [5.41, 5.74) is 5.40. The molecule has 3 aliphatic rings. The van der Waals surface area contributed by atoms with Crippen molar-refractivity contribution in [2.75, 3.05) is 26.3 Å². The zero-order valence-electron chi connectivity index (χ0n) is 21.8. The Bertz CT molecular complexity index is 1410. The van der Waals surface area contributed by atoms with Gasteiger partial charge in [0.25, 0.3) is 0 Å². The molecule has 1 atom stereocenters. The predicted molar refractivity (Wildman–Crippen MR) is 142 cm³/mol. The van der Waals surface area contributed by atoms with E-state index in [2.05, 4.69) is 14.6 Å². The van der Waals surface area contributed by atoms with Gasteiger partial charge >= 0.3 is 6.29 Å². The quantitative estimate of drug-likeness (QED) is 0.271. The number of benzene rings is 3. The Morgan fingerprint density at radius 1 is 0.900 bits per heavy atom. The van der Waals surface area contributed by atoms with Crippen molar-refractivity contribution in [1.29, 1.82) is 0 Å². The second kappa shape index (κ2) is 11.0. The molecule has 210 valence electrons. The predicted octanol–water partition coefficient (Wildman–Crippen LogP) is 7.38. The second-order valence-electron chi connectivity index (χ2n) is 10.3. The molecule has 5 nitrogen and oxygen atoms in total. The van der Waals surface area contributed by atoms with E-state index < -0.39 is 6.29 Å². The summed E-state index contributed by atoms with van der Waals surface area (Å²) < 4.78 is 68.5. The Kier molecular flexibility index (Phi) is 7.31. The minimum Gasteiger partial charge on any atom is -0.489 e. The fourth-order valence-electron chi connectivity index (χ4n) is 5.84. The smallest absolute Gasteiger partial charge is 0.489 e. The van der Waals surface area contributed by atoms with E-state index in [1.807, 2.05) is 30.3 Å². The first-order valence-corrected chi connectivity index (χ1v) is 13.5. The van der Waals surface area contributed by atoms with Gasteiger partial charge in [0.1, 0.15) is 11.9 Å². The fourth-order valence-corrected chi connectivity index (χ4v) is 5.84. The Balaban J connectivity index is 1.35. The number of fused-ring (bicyclic) bond motifs is 2. The lowest BCUT2D eigenvalue weighted by molar-refractivity contribution is -0.286. The van der Waals surface area contributed by atoms with E-state index in [1.54, 1.807) is 24.3 Å². The first-order chi connectivity index (χ1) is 19.4. The van der Waals surface area contributed by atoms with Gasteiger partial charge in [0.15, 0.2) is 17.2 Å². The number of halogens is 4. The van der Waals surface area contributed by atoms with Crippen molar-refractivity contribution < 1.29 is 36.8 Å². The first-order valence-electron chi connectivity index (χ1n) is 13.5. The first kappa shape index (κ1) is 26.5. The molecule has 9 heteroatoms. The van der Waals surface area contributed by atoms with Gasteiger partial charge in [0.05, 0.1) is 6.67 Å². The SMILES string of the molecule is FCCCN1CC[C@H](Oc2ccc(C3=C(c4ccc5c(c4)OC(F)(F)O5)CCCc4cc(OF)ccc43)cc2)C1. The van der Waals surface area contributed by atoms with Crippen LogP contribution in [0.1, 0.15) is 47.9 Å². The number of allylic oxidation sites excluding steroid dienone is 1. The van der Waals surface area contributed by atoms with E-state index in [0.29, 0.717) is 19.3 Å². The summed E-state index contributed by atoms with van der Waals surface area (Å²) in [4.78, 5) is 6.21. The van der Waals surface area contributed by atoms with E-state index in [-0.39, 0.29) is 30.0 Å². The van der Waals surface area contributed by atoms with Crippen molar-refractivity contribution in [3.8, 4) is 23.0 Å². The average molecular weight is 556 g/mol. The van der Waals surface area contributed by atoms with Crippen LogP contribution in [0, 0.1) is 0 Å². The van der Waals surface area contributed by atoms with Crippen LogP contribution in [0.3, 0.4) is 0 Å². The molecule has 0 amide bonds. The van der Waals surface area contributed by atoms with Crippen LogP contribution >= 0.6 is 0 Å². The highest BCUT2D eigenvalue weighted by atomic mass is 19.3. The summed E-state index contributed by atoms with van der Waals surface area (Å²) in [6.07, 6.45) is -0.0937. The second-order valence-corrected chi connectivity index (χ2v) is 10.3. The summed E-state index contributed by atoms with van der Waals surface area (Å²) in [5, 5.41) is 0. The molecule has 2 aliphatic heterocycles. The number of alkyl halides is 3. The molecule has 2 heterocycles. The maximum atomic E-state index is 13.7. The Labute approximate surface area is 229 Å². The highest BCUT2D eigenvalue weighted by molar-refractivity contribution is 6.00. The molecule has 0 radical (unpaired) electrons. The summed E-state index contributed by atoms with van der Waals surface area (Å²) in [6, 6.07) is 17.8. The number of rotatable bonds is 8. The lowest BCUT2D eigenvalue weighted by Crippen LogP contribution is -2.26. The lowest BCUT2D eigenvalue weighted by Gasteiger charge is -2.19. The number of nitrogens with zero attached hydrogens (tertiary/aromatic N) is 1. The monoisotopic (exact) mass is 555 g/mol. The van der Waals surface area contributed by atoms with Gasteiger partial charge in [-0.3, -0.25) is 14.2 Å². The van der Waals surface area contributed by atoms with E-state index in [1.165, 1.54) is 6.07 Å². The van der Waals surface area contributed by atoms with Gasteiger partial charge in [-0.25, -0.2) is 0 Å². The van der Waals surface area contributed by atoms with Crippen molar-refractivity contribution in [1.82, 2.24) is 4.90 Å². The van der Waals surface area contributed by atoms with Gasteiger partial charge in [-0.2, -0.15) is 0 Å². The molecule has 40 heavy (non-hydrogen) atoms. The van der Waals surface area contributed by atoms with E-state index in [0.717, 1.165) is 71.6 Å². The molecule has 0 bridgehead atoms. The number of aryl methyl sites for hydroxylation is 1. The summed E-state index contributed by atoms with van der Waals surface area (Å²) in [7, 11) is 0. The van der Waals surface area contributed by atoms with E-state index >= 15 is 0 Å². The minimum atomic E-state index is -3.70. The van der Waals surface area contributed by atoms with E-state index in [9.17, 15) is 17.7 Å². The summed E-state index contributed by atoms with van der Waals surface area (Å²) in [6.45, 7) is 2.08. The molecular weight excluding hydrogens is 526 g/mol. The van der Waals surface area contributed by atoms with Crippen molar-refractivity contribution in [3.05, 3.63) is 82.9 Å². The highest BCUT2D eigenvalue weighted by Crippen LogP contribution is 2.46. The number of likely N-dealkylation sites (tertiary alicyclic amines) is 1. The van der Waals surface area contributed by atoms with Gasteiger partial charge in [0.2, 0.25) is 0 Å². The third-order valence-electron chi connectivity index (χ3n) is 7.64. The van der Waals surface area contributed by atoms with Crippen LogP contribution in [0.2, 0.25) is 0 Å². The van der Waals surface area contributed by atoms with Crippen LogP contribution in [-0.2, 0) is 6.42 Å². The highest BCUT2D eigenvalue weighted by Gasteiger charge is 2.43. The molecule has 3 aromatic rings. The summed E-state index contributed by atoms with van der Waals surface area (Å²) in [5.74, 6) is 0.850. The Morgan fingerprint density at radius 2 is 1.68 bits per heavy atom. The van der Waals surface area contributed by atoms with Crippen LogP contribution in [0.5, 0.6) is 23.0 Å². The molecule has 3 aromatic carbocycles. The molecular formula is C31H29F4NO4. The maximum Gasteiger partial charge on any atom is 0.586 e. The third-order valence-corrected chi connectivity index (χ3v) is 7.64. The van der Waals surface area contributed by atoms with Gasteiger partial charge < -0.3 is 14.2 Å². The molecule has 0 spiro atoms. The van der Waals surface area contributed by atoms with Crippen LogP contribution in [0.4, 0.5) is 17.7 Å². The molecule has 0 saturated carbocycles. The van der Waals surface area contributed by atoms with Gasteiger partial charge in [-0.05, 0) is 102 Å². The lowest BCUT2D eigenvalue weighted by atomic mass is 9.87. The van der Waals surface area contributed by atoms with Crippen LogP contribution in [0.15, 0.2) is 60.7 Å². The third kappa shape index (κ3) is 5.47. The molecule has 1 saturated heterocycles. The van der Waals surface area contributed by atoms with Crippen LogP contribution in [0.25, 0.3) is 11.1 Å². The topological polar surface area (TPSA) is 40.2 Å².